The Kier molecular flexibility index (Phi) is 3.67. The van der Waals surface area contributed by atoms with Gasteiger partial charge in [0.2, 0.25) is 0 Å². The molecule has 0 saturated carbocycles. The van der Waals surface area contributed by atoms with Crippen LogP contribution in [0, 0.1) is 0 Å². The van der Waals surface area contributed by atoms with Crippen LogP contribution in [0.5, 0.6) is 0 Å². The van der Waals surface area contributed by atoms with Crippen LogP contribution < -0.4 is 0 Å². The number of benzene rings is 1. The van der Waals surface area contributed by atoms with Gasteiger partial charge >= 0.3 is 0 Å². The first kappa shape index (κ1) is 12.2. The fourth-order valence-electron chi connectivity index (χ4n) is 3.42. The maximum Gasteiger partial charge on any atom is 0.0139 e. The van der Waals surface area contributed by atoms with Gasteiger partial charge in [-0.2, -0.15) is 0 Å². The second-order valence-corrected chi connectivity index (χ2v) is 5.86. The summed E-state index contributed by atoms with van der Waals surface area (Å²) >= 11 is 0. The van der Waals surface area contributed by atoms with Crippen LogP contribution in [0.4, 0.5) is 0 Å². The molecule has 1 fully saturated rings. The highest BCUT2D eigenvalue weighted by molar-refractivity contribution is 5.30. The van der Waals surface area contributed by atoms with Crippen molar-refractivity contribution in [3.8, 4) is 0 Å². The molecule has 0 spiro atoms. The van der Waals surface area contributed by atoms with Gasteiger partial charge < -0.3 is 4.90 Å². The normalized spacial score (nSPS) is 26.6. The van der Waals surface area contributed by atoms with Crippen molar-refractivity contribution in [1.82, 2.24) is 9.80 Å². The molecule has 3 rings (SSSR count). The third kappa shape index (κ3) is 2.60. The maximum atomic E-state index is 2.74. The van der Waals surface area contributed by atoms with E-state index in [4.69, 9.17) is 0 Å². The molecule has 2 heteroatoms. The van der Waals surface area contributed by atoms with Crippen molar-refractivity contribution in [1.29, 1.82) is 0 Å². The SMILES string of the molecule is CN1CCCN(C2CCc3ccccc3C2)CC1. The lowest BCUT2D eigenvalue weighted by Gasteiger charge is -2.34. The Morgan fingerprint density at radius 3 is 2.72 bits per heavy atom. The van der Waals surface area contributed by atoms with Crippen LogP contribution in [-0.4, -0.2) is 49.1 Å². The van der Waals surface area contributed by atoms with Gasteiger partial charge in [0.1, 0.15) is 0 Å². The highest BCUT2D eigenvalue weighted by atomic mass is 15.2. The van der Waals surface area contributed by atoms with Gasteiger partial charge in [0.05, 0.1) is 0 Å². The lowest BCUT2D eigenvalue weighted by atomic mass is 9.87. The zero-order valence-electron chi connectivity index (χ0n) is 11.4. The van der Waals surface area contributed by atoms with Gasteiger partial charge in [0, 0.05) is 19.1 Å². The first-order valence-corrected chi connectivity index (χ1v) is 7.32. The van der Waals surface area contributed by atoms with Crippen LogP contribution in [0.2, 0.25) is 0 Å². The molecule has 0 bridgehead atoms. The van der Waals surface area contributed by atoms with Crippen LogP contribution >= 0.6 is 0 Å². The zero-order chi connectivity index (χ0) is 12.4. The second-order valence-electron chi connectivity index (χ2n) is 5.86. The summed E-state index contributed by atoms with van der Waals surface area (Å²) in [4.78, 5) is 5.20. The molecule has 18 heavy (non-hydrogen) atoms. The van der Waals surface area contributed by atoms with Crippen LogP contribution in [0.3, 0.4) is 0 Å². The minimum atomic E-state index is 0.784. The lowest BCUT2D eigenvalue weighted by Crippen LogP contribution is -2.41. The molecule has 1 aliphatic heterocycles. The predicted octanol–water partition coefficient (Wildman–Crippen LogP) is 2.18. The minimum absolute atomic E-state index is 0.784. The van der Waals surface area contributed by atoms with Crippen LogP contribution in [0.15, 0.2) is 24.3 Å². The fraction of sp³-hybridized carbons (Fsp3) is 0.625. The largest absolute Gasteiger partial charge is 0.305 e. The first-order valence-electron chi connectivity index (χ1n) is 7.32. The molecule has 1 saturated heterocycles. The molecule has 1 aromatic carbocycles. The van der Waals surface area contributed by atoms with E-state index in [0.717, 1.165) is 6.04 Å². The second kappa shape index (κ2) is 5.41. The molecule has 0 amide bonds. The number of aryl methyl sites for hydroxylation is 1. The van der Waals surface area contributed by atoms with Crippen LogP contribution in [0.1, 0.15) is 24.0 Å². The number of fused-ring (bicyclic) bond motifs is 1. The minimum Gasteiger partial charge on any atom is -0.305 e. The van der Waals surface area contributed by atoms with Crippen molar-refractivity contribution in [3.63, 3.8) is 0 Å². The van der Waals surface area contributed by atoms with E-state index in [9.17, 15) is 0 Å². The van der Waals surface area contributed by atoms with Gasteiger partial charge in [-0.15, -0.1) is 0 Å². The average molecular weight is 244 g/mol. The fourth-order valence-corrected chi connectivity index (χ4v) is 3.42. The number of hydrogen-bond acceptors (Lipinski definition) is 2. The molecule has 1 unspecified atom stereocenters. The Labute approximate surface area is 111 Å². The summed E-state index contributed by atoms with van der Waals surface area (Å²) in [6.45, 7) is 5.04. The third-order valence-corrected chi connectivity index (χ3v) is 4.59. The molecular weight excluding hydrogens is 220 g/mol. The smallest absolute Gasteiger partial charge is 0.0139 e. The Balaban J connectivity index is 1.68. The Bertz CT molecular complexity index is 402. The highest BCUT2D eigenvalue weighted by Gasteiger charge is 2.25. The average Bonchev–Trinajstić information content (AvgIpc) is 2.63. The molecule has 98 valence electrons. The monoisotopic (exact) mass is 244 g/mol. The quantitative estimate of drug-likeness (QED) is 0.747. The molecule has 1 aromatic rings. The van der Waals surface area contributed by atoms with E-state index in [1.165, 1.54) is 51.9 Å². The van der Waals surface area contributed by atoms with Crippen LogP contribution in [-0.2, 0) is 12.8 Å². The molecule has 1 atom stereocenters. The predicted molar refractivity (Wildman–Crippen MR) is 75.9 cm³/mol. The molecular formula is C16H24N2. The summed E-state index contributed by atoms with van der Waals surface area (Å²) in [5.41, 5.74) is 3.17. The van der Waals surface area contributed by atoms with E-state index >= 15 is 0 Å². The standard InChI is InChI=1S/C16H24N2/c1-17-9-4-10-18(12-11-17)16-8-7-14-5-2-3-6-15(14)13-16/h2-3,5-6,16H,4,7-13H2,1H3. The van der Waals surface area contributed by atoms with Gasteiger partial charge in [0.15, 0.2) is 0 Å². The van der Waals surface area contributed by atoms with Gasteiger partial charge in [-0.25, -0.2) is 0 Å². The molecule has 0 radical (unpaired) electrons. The summed E-state index contributed by atoms with van der Waals surface area (Å²) in [6, 6.07) is 9.79. The summed E-state index contributed by atoms with van der Waals surface area (Å²) in [5.74, 6) is 0. The van der Waals surface area contributed by atoms with Gasteiger partial charge in [-0.3, -0.25) is 4.90 Å². The van der Waals surface area contributed by atoms with Crippen molar-refractivity contribution in [2.75, 3.05) is 33.2 Å². The van der Waals surface area contributed by atoms with Crippen molar-refractivity contribution in [2.45, 2.75) is 31.7 Å². The molecule has 0 N–H and O–H groups in total. The van der Waals surface area contributed by atoms with E-state index in [1.54, 1.807) is 11.1 Å². The summed E-state index contributed by atoms with van der Waals surface area (Å²) < 4.78 is 0. The van der Waals surface area contributed by atoms with E-state index in [-0.39, 0.29) is 0 Å². The number of rotatable bonds is 1. The van der Waals surface area contributed by atoms with Crippen molar-refractivity contribution in [2.24, 2.45) is 0 Å². The number of hydrogen-bond donors (Lipinski definition) is 0. The highest BCUT2D eigenvalue weighted by Crippen LogP contribution is 2.25. The van der Waals surface area contributed by atoms with Gasteiger partial charge in [-0.1, -0.05) is 24.3 Å². The topological polar surface area (TPSA) is 6.48 Å². The van der Waals surface area contributed by atoms with Crippen molar-refractivity contribution in [3.05, 3.63) is 35.4 Å². The maximum absolute atomic E-state index is 2.74. The van der Waals surface area contributed by atoms with E-state index in [2.05, 4.69) is 41.1 Å². The van der Waals surface area contributed by atoms with E-state index in [1.807, 2.05) is 0 Å². The molecule has 1 heterocycles. The lowest BCUT2D eigenvalue weighted by molar-refractivity contribution is 0.186. The Morgan fingerprint density at radius 1 is 1.00 bits per heavy atom. The summed E-state index contributed by atoms with van der Waals surface area (Å²) in [5, 5.41) is 0. The molecule has 0 aromatic heterocycles. The first-order chi connectivity index (χ1) is 8.83. The Hall–Kier alpha value is -0.860. The summed E-state index contributed by atoms with van der Waals surface area (Å²) in [7, 11) is 2.25. The summed E-state index contributed by atoms with van der Waals surface area (Å²) in [6.07, 6.45) is 5.21. The molecule has 2 nitrogen and oxygen atoms in total. The number of nitrogens with zero attached hydrogens (tertiary/aromatic N) is 2. The van der Waals surface area contributed by atoms with Gasteiger partial charge in [-0.05, 0) is 56.9 Å². The molecule has 1 aliphatic carbocycles. The van der Waals surface area contributed by atoms with Crippen molar-refractivity contribution >= 4 is 0 Å². The van der Waals surface area contributed by atoms with Crippen molar-refractivity contribution < 1.29 is 0 Å². The Morgan fingerprint density at radius 2 is 1.83 bits per heavy atom. The molecule has 2 aliphatic rings. The van der Waals surface area contributed by atoms with Gasteiger partial charge in [0.25, 0.3) is 0 Å². The van der Waals surface area contributed by atoms with E-state index < -0.39 is 0 Å². The van der Waals surface area contributed by atoms with Crippen LogP contribution in [0.25, 0.3) is 0 Å². The zero-order valence-corrected chi connectivity index (χ0v) is 11.4. The van der Waals surface area contributed by atoms with E-state index in [0.29, 0.717) is 0 Å². The number of likely N-dealkylation sites (N-methyl/N-ethyl adjacent to an activating group) is 1. The third-order valence-electron chi connectivity index (χ3n) is 4.59.